The summed E-state index contributed by atoms with van der Waals surface area (Å²) < 4.78 is 11.7. The molecule has 2 aromatic rings. The topological polar surface area (TPSA) is 58.1 Å². The first-order valence-electron chi connectivity index (χ1n) is 9.32. The summed E-state index contributed by atoms with van der Waals surface area (Å²) >= 11 is 3.53. The Hall–Kier alpha value is -2.41. The zero-order valence-electron chi connectivity index (χ0n) is 16.5. The van der Waals surface area contributed by atoms with Crippen LogP contribution in [0.1, 0.15) is 12.0 Å². The maximum atomic E-state index is 5.50. The number of ether oxygens (including phenoxy) is 2. The Morgan fingerprint density at radius 3 is 2.68 bits per heavy atom. The van der Waals surface area contributed by atoms with Gasteiger partial charge in [-0.1, -0.05) is 18.2 Å². The Labute approximate surface area is 175 Å². The van der Waals surface area contributed by atoms with Gasteiger partial charge in [0.1, 0.15) is 11.5 Å². The van der Waals surface area contributed by atoms with Gasteiger partial charge in [0.2, 0.25) is 0 Å². The van der Waals surface area contributed by atoms with Crippen molar-refractivity contribution in [2.24, 2.45) is 4.99 Å². The van der Waals surface area contributed by atoms with E-state index in [9.17, 15) is 0 Å². The van der Waals surface area contributed by atoms with Crippen LogP contribution in [0.25, 0.3) is 0 Å². The molecule has 1 aliphatic heterocycles. The van der Waals surface area contributed by atoms with E-state index in [1.54, 1.807) is 21.3 Å². The minimum Gasteiger partial charge on any atom is -0.496 e. The lowest BCUT2D eigenvalue weighted by atomic mass is 10.2. The Kier molecular flexibility index (Phi) is 7.03. The van der Waals surface area contributed by atoms with Crippen molar-refractivity contribution >= 4 is 27.6 Å². The fourth-order valence-electron chi connectivity index (χ4n) is 3.38. The minimum absolute atomic E-state index is 0.332. The average Bonchev–Trinajstić information content (AvgIpc) is 3.19. The molecule has 1 aliphatic rings. The number of methoxy groups -OCH3 is 2. The van der Waals surface area contributed by atoms with E-state index in [0.29, 0.717) is 12.6 Å². The highest BCUT2D eigenvalue weighted by Gasteiger charge is 2.25. The van der Waals surface area contributed by atoms with Gasteiger partial charge < -0.3 is 25.0 Å². The van der Waals surface area contributed by atoms with Crippen LogP contribution in [0.5, 0.6) is 11.5 Å². The molecular weight excluding hydrogens is 420 g/mol. The summed E-state index contributed by atoms with van der Waals surface area (Å²) in [7, 11) is 5.18. The molecule has 1 heterocycles. The average molecular weight is 447 g/mol. The second-order valence-electron chi connectivity index (χ2n) is 6.64. The monoisotopic (exact) mass is 446 g/mol. The maximum Gasteiger partial charge on any atom is 0.191 e. The lowest BCUT2D eigenvalue weighted by molar-refractivity contribution is 0.412. The molecule has 1 saturated heterocycles. The van der Waals surface area contributed by atoms with Crippen molar-refractivity contribution < 1.29 is 9.47 Å². The largest absolute Gasteiger partial charge is 0.496 e. The molecule has 0 radical (unpaired) electrons. The van der Waals surface area contributed by atoms with Gasteiger partial charge in [0.15, 0.2) is 5.96 Å². The van der Waals surface area contributed by atoms with Crippen LogP contribution in [0.2, 0.25) is 0 Å². The van der Waals surface area contributed by atoms with E-state index in [0.717, 1.165) is 52.7 Å². The normalized spacial score (nSPS) is 16.8. The summed E-state index contributed by atoms with van der Waals surface area (Å²) in [6.07, 6.45) is 1.05. The fraction of sp³-hybridized carbons (Fsp3) is 0.381. The van der Waals surface area contributed by atoms with Gasteiger partial charge >= 0.3 is 0 Å². The van der Waals surface area contributed by atoms with E-state index in [4.69, 9.17) is 9.47 Å². The van der Waals surface area contributed by atoms with Crippen LogP contribution in [0.15, 0.2) is 51.9 Å². The zero-order valence-corrected chi connectivity index (χ0v) is 18.1. The Bertz CT molecular complexity index is 828. The molecule has 7 heteroatoms. The highest BCUT2D eigenvalue weighted by Crippen LogP contribution is 2.30. The van der Waals surface area contributed by atoms with Crippen molar-refractivity contribution in [2.45, 2.75) is 19.0 Å². The molecular formula is C21H27BrN4O2. The van der Waals surface area contributed by atoms with Gasteiger partial charge in [0.05, 0.1) is 24.4 Å². The Morgan fingerprint density at radius 2 is 1.96 bits per heavy atom. The summed E-state index contributed by atoms with van der Waals surface area (Å²) in [6.45, 7) is 2.58. The van der Waals surface area contributed by atoms with Crippen LogP contribution in [0, 0.1) is 0 Å². The molecule has 2 aromatic carbocycles. The van der Waals surface area contributed by atoms with E-state index in [-0.39, 0.29) is 0 Å². The summed E-state index contributed by atoms with van der Waals surface area (Å²) in [5.41, 5.74) is 2.29. The molecule has 0 spiro atoms. The standard InChI is InChI=1S/C21H27BrN4O2/c1-23-21(24-13-15-8-9-19(27-2)17(22)12-15)25-16-10-11-26(14-16)18-6-4-5-7-20(18)28-3/h4-9,12,16H,10-11,13-14H2,1-3H3,(H2,23,24,25). The van der Waals surface area contributed by atoms with E-state index in [1.807, 2.05) is 30.3 Å². The molecule has 0 aliphatic carbocycles. The van der Waals surface area contributed by atoms with E-state index in [2.05, 4.69) is 48.6 Å². The quantitative estimate of drug-likeness (QED) is 0.525. The van der Waals surface area contributed by atoms with Gasteiger partial charge in [-0.2, -0.15) is 0 Å². The summed E-state index contributed by atoms with van der Waals surface area (Å²) in [5.74, 6) is 2.54. The molecule has 6 nitrogen and oxygen atoms in total. The number of anilines is 1. The summed E-state index contributed by atoms with van der Waals surface area (Å²) in [6, 6.07) is 14.5. The number of rotatable bonds is 6. The van der Waals surface area contributed by atoms with Gasteiger partial charge in [-0.05, 0) is 52.2 Å². The van der Waals surface area contributed by atoms with Crippen molar-refractivity contribution in [3.8, 4) is 11.5 Å². The number of hydrogen-bond donors (Lipinski definition) is 2. The number of nitrogens with zero attached hydrogens (tertiary/aromatic N) is 2. The maximum absolute atomic E-state index is 5.50. The van der Waals surface area contributed by atoms with Crippen LogP contribution in [0.4, 0.5) is 5.69 Å². The molecule has 0 amide bonds. The molecule has 3 rings (SSSR count). The number of halogens is 1. The van der Waals surface area contributed by atoms with Gasteiger partial charge in [0, 0.05) is 32.7 Å². The van der Waals surface area contributed by atoms with Crippen LogP contribution < -0.4 is 25.0 Å². The summed E-state index contributed by atoms with van der Waals surface area (Å²) in [5, 5.41) is 6.92. The van der Waals surface area contributed by atoms with Crippen LogP contribution in [-0.4, -0.2) is 46.4 Å². The van der Waals surface area contributed by atoms with Gasteiger partial charge in [0.25, 0.3) is 0 Å². The predicted octanol–water partition coefficient (Wildman–Crippen LogP) is 3.41. The van der Waals surface area contributed by atoms with Gasteiger partial charge in [-0.25, -0.2) is 0 Å². The second kappa shape index (κ2) is 9.68. The molecule has 1 unspecified atom stereocenters. The van der Waals surface area contributed by atoms with Crippen molar-refractivity contribution in [2.75, 3.05) is 39.3 Å². The first kappa shape index (κ1) is 20.3. The zero-order chi connectivity index (χ0) is 19.9. The van der Waals surface area contributed by atoms with Gasteiger partial charge in [-0.3, -0.25) is 4.99 Å². The number of benzene rings is 2. The smallest absolute Gasteiger partial charge is 0.191 e. The number of hydrogen-bond acceptors (Lipinski definition) is 4. The lowest BCUT2D eigenvalue weighted by Gasteiger charge is -2.22. The van der Waals surface area contributed by atoms with Crippen LogP contribution in [0.3, 0.4) is 0 Å². The first-order valence-corrected chi connectivity index (χ1v) is 10.1. The van der Waals surface area contributed by atoms with Crippen molar-refractivity contribution in [1.82, 2.24) is 10.6 Å². The third-order valence-corrected chi connectivity index (χ3v) is 5.47. The molecule has 0 saturated carbocycles. The fourth-order valence-corrected chi connectivity index (χ4v) is 3.97. The molecule has 2 N–H and O–H groups in total. The van der Waals surface area contributed by atoms with Gasteiger partial charge in [-0.15, -0.1) is 0 Å². The molecule has 150 valence electrons. The second-order valence-corrected chi connectivity index (χ2v) is 7.50. The SMILES string of the molecule is CN=C(NCc1ccc(OC)c(Br)c1)NC1CCN(c2ccccc2OC)C1. The highest BCUT2D eigenvalue weighted by atomic mass is 79.9. The van der Waals surface area contributed by atoms with E-state index in [1.165, 1.54) is 0 Å². The predicted molar refractivity (Wildman–Crippen MR) is 118 cm³/mol. The van der Waals surface area contributed by atoms with Crippen molar-refractivity contribution in [1.29, 1.82) is 0 Å². The Morgan fingerprint density at radius 1 is 1.18 bits per heavy atom. The molecule has 0 aromatic heterocycles. The Balaban J connectivity index is 1.55. The van der Waals surface area contributed by atoms with Crippen molar-refractivity contribution in [3.05, 3.63) is 52.5 Å². The van der Waals surface area contributed by atoms with E-state index < -0.39 is 0 Å². The minimum atomic E-state index is 0.332. The van der Waals surface area contributed by atoms with Crippen LogP contribution >= 0.6 is 15.9 Å². The number of aliphatic imine (C=N–C) groups is 1. The van der Waals surface area contributed by atoms with Crippen molar-refractivity contribution in [3.63, 3.8) is 0 Å². The number of nitrogens with one attached hydrogen (secondary N) is 2. The lowest BCUT2D eigenvalue weighted by Crippen LogP contribution is -2.44. The molecule has 1 atom stereocenters. The highest BCUT2D eigenvalue weighted by molar-refractivity contribution is 9.10. The molecule has 1 fully saturated rings. The van der Waals surface area contributed by atoms with E-state index >= 15 is 0 Å². The molecule has 28 heavy (non-hydrogen) atoms. The summed E-state index contributed by atoms with van der Waals surface area (Å²) in [4.78, 5) is 6.72. The third-order valence-electron chi connectivity index (χ3n) is 4.85. The van der Waals surface area contributed by atoms with Crippen LogP contribution in [-0.2, 0) is 6.54 Å². The first-order chi connectivity index (χ1) is 13.6. The third kappa shape index (κ3) is 4.90. The number of guanidine groups is 1. The number of para-hydroxylation sites is 2. The molecule has 0 bridgehead atoms.